The van der Waals surface area contributed by atoms with E-state index in [1.165, 1.54) is 39.8 Å². The van der Waals surface area contributed by atoms with Crippen LogP contribution in [0.4, 0.5) is 0 Å². The fourth-order valence-corrected chi connectivity index (χ4v) is 4.87. The van der Waals surface area contributed by atoms with Gasteiger partial charge in [-0.05, 0) is 93.7 Å². The molecular weight excluding hydrogens is 372 g/mol. The molecule has 2 fully saturated rings. The standard InChI is InChI=1S/C29H26.C2H6/c1-19-7-9-21(10-8-19)25-15-24(20-5-3-2-4-6-20)16-26(17-25)22-11-13-23(14-12-22)29-27-18-28(27)29;1-2/h2-7,9-17,19,27-29H,8,18H2,1H3;1-2H3. The lowest BCUT2D eigenvalue weighted by molar-refractivity contribution is 0.739. The first-order chi connectivity index (χ1) is 15.3. The molecule has 31 heavy (non-hydrogen) atoms. The second-order valence-electron chi connectivity index (χ2n) is 9.11. The Labute approximate surface area is 187 Å². The Morgan fingerprint density at radius 3 is 1.84 bits per heavy atom. The average Bonchev–Trinajstić information content (AvgIpc) is 3.75. The summed E-state index contributed by atoms with van der Waals surface area (Å²) >= 11 is 0. The third-order valence-electron chi connectivity index (χ3n) is 6.99. The summed E-state index contributed by atoms with van der Waals surface area (Å²) in [6.07, 6.45) is 9.61. The van der Waals surface area contributed by atoms with Gasteiger partial charge >= 0.3 is 0 Å². The van der Waals surface area contributed by atoms with Crippen molar-refractivity contribution in [2.45, 2.75) is 39.5 Å². The topological polar surface area (TPSA) is 0 Å². The van der Waals surface area contributed by atoms with E-state index in [1.807, 2.05) is 13.8 Å². The molecule has 156 valence electrons. The van der Waals surface area contributed by atoms with E-state index in [4.69, 9.17) is 0 Å². The number of benzene rings is 3. The molecule has 0 heterocycles. The van der Waals surface area contributed by atoms with Gasteiger partial charge in [0.25, 0.3) is 0 Å². The molecule has 0 bridgehead atoms. The summed E-state index contributed by atoms with van der Waals surface area (Å²) < 4.78 is 0. The van der Waals surface area contributed by atoms with Crippen molar-refractivity contribution in [2.75, 3.05) is 0 Å². The second kappa shape index (κ2) is 8.35. The maximum Gasteiger partial charge on any atom is -0.00993 e. The molecular formula is C31H32. The van der Waals surface area contributed by atoms with Crippen LogP contribution in [0.2, 0.25) is 0 Å². The van der Waals surface area contributed by atoms with E-state index in [0.717, 1.165) is 24.2 Å². The predicted molar refractivity (Wildman–Crippen MR) is 134 cm³/mol. The molecule has 0 N–H and O–H groups in total. The normalized spacial score (nSPS) is 25.1. The van der Waals surface area contributed by atoms with Crippen LogP contribution in [-0.4, -0.2) is 0 Å². The van der Waals surface area contributed by atoms with Gasteiger partial charge in [-0.25, -0.2) is 0 Å². The third kappa shape index (κ3) is 4.04. The number of allylic oxidation sites excluding steroid dienone is 4. The highest BCUT2D eigenvalue weighted by Crippen LogP contribution is 2.73. The molecule has 2 saturated carbocycles. The number of fused-ring (bicyclic) bond motifs is 1. The van der Waals surface area contributed by atoms with Gasteiger partial charge < -0.3 is 0 Å². The Hall–Kier alpha value is -2.86. The molecule has 0 aromatic heterocycles. The molecule has 3 aliphatic rings. The zero-order valence-corrected chi connectivity index (χ0v) is 18.9. The van der Waals surface area contributed by atoms with Crippen LogP contribution in [0.3, 0.4) is 0 Å². The Morgan fingerprint density at radius 2 is 1.29 bits per heavy atom. The summed E-state index contributed by atoms with van der Waals surface area (Å²) in [5.41, 5.74) is 9.39. The smallest absolute Gasteiger partial charge is 0.00993 e. The maximum atomic E-state index is 2.39. The Balaban J connectivity index is 0.000000994. The average molecular weight is 405 g/mol. The molecule has 0 amide bonds. The van der Waals surface area contributed by atoms with Gasteiger partial charge in [0.1, 0.15) is 0 Å². The number of hydrogen-bond donors (Lipinski definition) is 0. The molecule has 0 heteroatoms. The largest absolute Gasteiger partial charge is 0.0808 e. The Morgan fingerprint density at radius 1 is 0.677 bits per heavy atom. The SMILES string of the molecule is CC.CC1C=CC(c2cc(-c3ccccc3)cc(-c3ccc(C4C5CC54)cc3)c2)=CC1. The minimum atomic E-state index is 0.636. The van der Waals surface area contributed by atoms with Crippen LogP contribution in [0.5, 0.6) is 0 Å². The van der Waals surface area contributed by atoms with Crippen molar-refractivity contribution in [3.63, 3.8) is 0 Å². The quantitative estimate of drug-likeness (QED) is 0.407. The first-order valence-corrected chi connectivity index (χ1v) is 12.0. The van der Waals surface area contributed by atoms with Crippen LogP contribution in [0.1, 0.15) is 50.7 Å². The van der Waals surface area contributed by atoms with Crippen LogP contribution < -0.4 is 0 Å². The minimum Gasteiger partial charge on any atom is -0.0808 e. The highest BCUT2D eigenvalue weighted by Gasteiger charge is 2.64. The van der Waals surface area contributed by atoms with E-state index in [2.05, 4.69) is 97.9 Å². The maximum absolute atomic E-state index is 2.39. The van der Waals surface area contributed by atoms with Crippen molar-refractivity contribution in [2.24, 2.45) is 17.8 Å². The minimum absolute atomic E-state index is 0.636. The second-order valence-corrected chi connectivity index (χ2v) is 9.11. The van der Waals surface area contributed by atoms with Gasteiger partial charge in [-0.15, -0.1) is 0 Å². The molecule has 0 nitrogen and oxygen atoms in total. The van der Waals surface area contributed by atoms with E-state index in [-0.39, 0.29) is 0 Å². The van der Waals surface area contributed by atoms with Crippen molar-refractivity contribution >= 4 is 5.57 Å². The fraction of sp³-hybridized carbons (Fsp3) is 0.290. The van der Waals surface area contributed by atoms with Crippen molar-refractivity contribution in [1.82, 2.24) is 0 Å². The first-order valence-electron chi connectivity index (χ1n) is 12.0. The van der Waals surface area contributed by atoms with Crippen LogP contribution in [0.15, 0.2) is 91.0 Å². The van der Waals surface area contributed by atoms with Crippen molar-refractivity contribution in [3.05, 3.63) is 102 Å². The van der Waals surface area contributed by atoms with E-state index in [0.29, 0.717) is 5.92 Å². The molecule has 3 atom stereocenters. The zero-order valence-electron chi connectivity index (χ0n) is 18.9. The molecule has 0 saturated heterocycles. The Bertz CT molecular complexity index is 1110. The summed E-state index contributed by atoms with van der Waals surface area (Å²) in [5.74, 6) is 3.54. The van der Waals surface area contributed by atoms with Gasteiger partial charge in [0, 0.05) is 0 Å². The molecule has 0 radical (unpaired) electrons. The molecule has 3 unspecified atom stereocenters. The van der Waals surface area contributed by atoms with Gasteiger partial charge in [0.2, 0.25) is 0 Å². The summed E-state index contributed by atoms with van der Waals surface area (Å²) in [4.78, 5) is 0. The summed E-state index contributed by atoms with van der Waals surface area (Å²) in [6.45, 7) is 6.28. The molecule has 3 aromatic carbocycles. The van der Waals surface area contributed by atoms with Gasteiger partial charge in [0.15, 0.2) is 0 Å². The van der Waals surface area contributed by atoms with Gasteiger partial charge in [0.05, 0.1) is 0 Å². The summed E-state index contributed by atoms with van der Waals surface area (Å²) in [7, 11) is 0. The van der Waals surface area contributed by atoms with E-state index >= 15 is 0 Å². The number of hydrogen-bond acceptors (Lipinski definition) is 0. The van der Waals surface area contributed by atoms with Crippen LogP contribution >= 0.6 is 0 Å². The monoisotopic (exact) mass is 404 g/mol. The van der Waals surface area contributed by atoms with E-state index in [9.17, 15) is 0 Å². The molecule has 3 aliphatic carbocycles. The summed E-state index contributed by atoms with van der Waals surface area (Å²) in [6, 6.07) is 27.2. The van der Waals surface area contributed by atoms with Crippen molar-refractivity contribution in [1.29, 1.82) is 0 Å². The highest BCUT2D eigenvalue weighted by molar-refractivity contribution is 5.83. The van der Waals surface area contributed by atoms with Gasteiger partial charge in [-0.2, -0.15) is 0 Å². The number of rotatable bonds is 4. The molecule has 0 aliphatic heterocycles. The summed E-state index contributed by atoms with van der Waals surface area (Å²) in [5, 5.41) is 0. The van der Waals surface area contributed by atoms with E-state index < -0.39 is 0 Å². The van der Waals surface area contributed by atoms with Crippen LogP contribution in [0.25, 0.3) is 27.8 Å². The zero-order chi connectivity index (χ0) is 21.4. The predicted octanol–water partition coefficient (Wildman–Crippen LogP) is 8.76. The fourth-order valence-electron chi connectivity index (χ4n) is 4.87. The molecule has 6 rings (SSSR count). The highest BCUT2D eigenvalue weighted by atomic mass is 14.7. The van der Waals surface area contributed by atoms with Crippen LogP contribution in [0, 0.1) is 17.8 Å². The first kappa shape index (κ1) is 20.1. The van der Waals surface area contributed by atoms with Crippen molar-refractivity contribution in [3.8, 4) is 22.3 Å². The third-order valence-corrected chi connectivity index (χ3v) is 6.99. The lowest BCUT2D eigenvalue weighted by Gasteiger charge is -2.15. The van der Waals surface area contributed by atoms with E-state index in [1.54, 1.807) is 5.56 Å². The van der Waals surface area contributed by atoms with Gasteiger partial charge in [-0.1, -0.05) is 93.6 Å². The molecule has 3 aromatic rings. The van der Waals surface area contributed by atoms with Gasteiger partial charge in [-0.3, -0.25) is 0 Å². The Kier molecular flexibility index (Phi) is 5.40. The molecule has 0 spiro atoms. The van der Waals surface area contributed by atoms with Crippen LogP contribution in [-0.2, 0) is 0 Å². The van der Waals surface area contributed by atoms with Crippen molar-refractivity contribution < 1.29 is 0 Å². The lowest BCUT2D eigenvalue weighted by Crippen LogP contribution is -1.95. The lowest BCUT2D eigenvalue weighted by atomic mass is 9.89.